The van der Waals surface area contributed by atoms with Crippen LogP contribution in [0.1, 0.15) is 19.8 Å². The summed E-state index contributed by atoms with van der Waals surface area (Å²) >= 11 is 0. The van der Waals surface area contributed by atoms with E-state index in [1.807, 2.05) is 6.92 Å². The van der Waals surface area contributed by atoms with E-state index in [0.717, 1.165) is 25.0 Å². The predicted molar refractivity (Wildman–Crippen MR) is 76.6 cm³/mol. The number of likely N-dealkylation sites (N-methyl/N-ethyl adjacent to an activating group) is 1. The van der Waals surface area contributed by atoms with E-state index < -0.39 is 11.6 Å². The third-order valence-electron chi connectivity index (χ3n) is 3.39. The average Bonchev–Trinajstić information content (AvgIpc) is 2.72. The first kappa shape index (κ1) is 15.2. The fourth-order valence-corrected chi connectivity index (χ4v) is 2.08. The molecule has 0 saturated carbocycles. The van der Waals surface area contributed by atoms with E-state index in [-0.39, 0.29) is 23.9 Å². The molecule has 114 valence electrons. The normalized spacial score (nSPS) is 11.0. The minimum atomic E-state index is -0.990. The summed E-state index contributed by atoms with van der Waals surface area (Å²) < 4.78 is 27.9. The third-order valence-corrected chi connectivity index (χ3v) is 3.39. The van der Waals surface area contributed by atoms with Gasteiger partial charge >= 0.3 is 0 Å². The van der Waals surface area contributed by atoms with Crippen LogP contribution in [0, 0.1) is 11.6 Å². The third kappa shape index (κ3) is 3.12. The van der Waals surface area contributed by atoms with E-state index in [4.69, 9.17) is 5.73 Å². The molecule has 5 nitrogen and oxygen atoms in total. The van der Waals surface area contributed by atoms with E-state index in [1.165, 1.54) is 4.57 Å². The van der Waals surface area contributed by atoms with Crippen molar-refractivity contribution < 1.29 is 13.6 Å². The molecule has 0 aliphatic heterocycles. The van der Waals surface area contributed by atoms with Crippen molar-refractivity contribution in [3.63, 3.8) is 0 Å². The molecule has 1 amide bonds. The Morgan fingerprint density at radius 1 is 1.38 bits per heavy atom. The van der Waals surface area contributed by atoms with Gasteiger partial charge in [0.05, 0.1) is 11.0 Å². The van der Waals surface area contributed by atoms with Crippen LogP contribution in [-0.2, 0) is 11.3 Å². The zero-order valence-corrected chi connectivity index (χ0v) is 12.1. The van der Waals surface area contributed by atoms with Gasteiger partial charge in [0.25, 0.3) is 0 Å². The SMILES string of the molecule is CCCCN(C)C(=O)Cn1c(N)nc2cc(F)c(F)cc21. The second-order valence-corrected chi connectivity index (χ2v) is 4.98. The molecule has 0 spiro atoms. The molecule has 0 fully saturated rings. The zero-order valence-electron chi connectivity index (χ0n) is 12.1. The fraction of sp³-hybridized carbons (Fsp3) is 0.429. The number of hydrogen-bond donors (Lipinski definition) is 1. The molecular formula is C14H18F2N4O. The number of nitrogens with two attached hydrogens (primary N) is 1. The zero-order chi connectivity index (χ0) is 15.6. The van der Waals surface area contributed by atoms with Gasteiger partial charge in [-0.05, 0) is 6.42 Å². The maximum Gasteiger partial charge on any atom is 0.242 e. The monoisotopic (exact) mass is 296 g/mol. The van der Waals surface area contributed by atoms with Gasteiger partial charge in [0, 0.05) is 25.7 Å². The number of halogens is 2. The number of fused-ring (bicyclic) bond motifs is 1. The van der Waals surface area contributed by atoms with Crippen molar-refractivity contribution in [1.82, 2.24) is 14.5 Å². The van der Waals surface area contributed by atoms with Crippen LogP contribution >= 0.6 is 0 Å². The van der Waals surface area contributed by atoms with E-state index in [1.54, 1.807) is 11.9 Å². The summed E-state index contributed by atoms with van der Waals surface area (Å²) in [6.07, 6.45) is 1.89. The topological polar surface area (TPSA) is 64.2 Å². The van der Waals surface area contributed by atoms with Crippen LogP contribution in [-0.4, -0.2) is 34.0 Å². The summed E-state index contributed by atoms with van der Waals surface area (Å²) in [5.74, 6) is -2.07. The van der Waals surface area contributed by atoms with Crippen molar-refractivity contribution in [2.75, 3.05) is 19.3 Å². The molecule has 2 aromatic rings. The number of amides is 1. The Morgan fingerprint density at radius 2 is 2.05 bits per heavy atom. The number of aromatic nitrogens is 2. The molecule has 7 heteroatoms. The van der Waals surface area contributed by atoms with Gasteiger partial charge in [0.15, 0.2) is 11.6 Å². The standard InChI is InChI=1S/C14H18F2N4O/c1-3-4-5-19(2)13(21)8-20-12-7-10(16)9(15)6-11(12)18-14(20)17/h6-7H,3-5,8H2,1-2H3,(H2,17,18). The number of benzene rings is 1. The molecule has 0 radical (unpaired) electrons. The quantitative estimate of drug-likeness (QED) is 0.919. The van der Waals surface area contributed by atoms with E-state index >= 15 is 0 Å². The lowest BCUT2D eigenvalue weighted by atomic mass is 10.3. The summed E-state index contributed by atoms with van der Waals surface area (Å²) in [5.41, 5.74) is 6.28. The predicted octanol–water partition coefficient (Wildman–Crippen LogP) is 2.16. The second kappa shape index (κ2) is 6.07. The molecule has 2 rings (SSSR count). The molecule has 21 heavy (non-hydrogen) atoms. The van der Waals surface area contributed by atoms with Crippen molar-refractivity contribution in [3.05, 3.63) is 23.8 Å². The lowest BCUT2D eigenvalue weighted by Gasteiger charge is -2.17. The summed E-state index contributed by atoms with van der Waals surface area (Å²) in [5, 5.41) is 0. The van der Waals surface area contributed by atoms with Crippen LogP contribution in [0.25, 0.3) is 11.0 Å². The molecule has 1 heterocycles. The van der Waals surface area contributed by atoms with Crippen molar-refractivity contribution >= 4 is 22.9 Å². The number of nitrogens with zero attached hydrogens (tertiary/aromatic N) is 3. The highest BCUT2D eigenvalue weighted by molar-refractivity contribution is 5.82. The summed E-state index contributed by atoms with van der Waals surface area (Å²) in [6, 6.07) is 1.98. The first-order valence-corrected chi connectivity index (χ1v) is 6.78. The molecule has 1 aromatic heterocycles. The van der Waals surface area contributed by atoms with Gasteiger partial charge < -0.3 is 15.2 Å². The van der Waals surface area contributed by atoms with Crippen molar-refractivity contribution in [2.45, 2.75) is 26.3 Å². The molecule has 0 saturated heterocycles. The van der Waals surface area contributed by atoms with Crippen LogP contribution in [0.15, 0.2) is 12.1 Å². The molecule has 1 aromatic carbocycles. The van der Waals surface area contributed by atoms with Gasteiger partial charge in [-0.1, -0.05) is 13.3 Å². The van der Waals surface area contributed by atoms with Crippen LogP contribution in [0.2, 0.25) is 0 Å². The Labute approximate surface area is 121 Å². The van der Waals surface area contributed by atoms with Gasteiger partial charge in [0.1, 0.15) is 6.54 Å². The summed E-state index contributed by atoms with van der Waals surface area (Å²) in [6.45, 7) is 2.63. The molecule has 0 aliphatic carbocycles. The highest BCUT2D eigenvalue weighted by Crippen LogP contribution is 2.21. The maximum atomic E-state index is 13.3. The summed E-state index contributed by atoms with van der Waals surface area (Å²) in [4.78, 5) is 17.7. The van der Waals surface area contributed by atoms with E-state index in [2.05, 4.69) is 4.98 Å². The van der Waals surface area contributed by atoms with Gasteiger partial charge in [-0.2, -0.15) is 0 Å². The minimum absolute atomic E-state index is 0.0480. The molecule has 0 unspecified atom stereocenters. The first-order chi connectivity index (χ1) is 9.93. The number of rotatable bonds is 5. The number of anilines is 1. The van der Waals surface area contributed by atoms with E-state index in [9.17, 15) is 13.6 Å². The molecule has 2 N–H and O–H groups in total. The summed E-state index contributed by atoms with van der Waals surface area (Å²) in [7, 11) is 1.70. The minimum Gasteiger partial charge on any atom is -0.369 e. The Morgan fingerprint density at radius 3 is 2.71 bits per heavy atom. The maximum absolute atomic E-state index is 13.3. The first-order valence-electron chi connectivity index (χ1n) is 6.78. The van der Waals surface area contributed by atoms with Crippen LogP contribution in [0.4, 0.5) is 14.7 Å². The molecule has 0 aliphatic rings. The number of nitrogen functional groups attached to an aromatic ring is 1. The Bertz CT molecular complexity index is 669. The van der Waals surface area contributed by atoms with Crippen LogP contribution in [0.3, 0.4) is 0 Å². The molecular weight excluding hydrogens is 278 g/mol. The number of unbranched alkanes of at least 4 members (excludes halogenated alkanes) is 1. The smallest absolute Gasteiger partial charge is 0.242 e. The van der Waals surface area contributed by atoms with Crippen molar-refractivity contribution in [3.8, 4) is 0 Å². The van der Waals surface area contributed by atoms with Gasteiger partial charge in [0.2, 0.25) is 11.9 Å². The number of imidazole rings is 1. The van der Waals surface area contributed by atoms with Gasteiger partial charge in [-0.3, -0.25) is 4.79 Å². The van der Waals surface area contributed by atoms with Crippen molar-refractivity contribution in [1.29, 1.82) is 0 Å². The lowest BCUT2D eigenvalue weighted by molar-refractivity contribution is -0.130. The Kier molecular flexibility index (Phi) is 4.40. The van der Waals surface area contributed by atoms with Gasteiger partial charge in [-0.15, -0.1) is 0 Å². The van der Waals surface area contributed by atoms with Gasteiger partial charge in [-0.25, -0.2) is 13.8 Å². The van der Waals surface area contributed by atoms with Crippen molar-refractivity contribution in [2.24, 2.45) is 0 Å². The van der Waals surface area contributed by atoms with E-state index in [0.29, 0.717) is 12.1 Å². The largest absolute Gasteiger partial charge is 0.369 e. The average molecular weight is 296 g/mol. The second-order valence-electron chi connectivity index (χ2n) is 4.98. The number of carbonyl (C=O) groups is 1. The van der Waals surface area contributed by atoms with Crippen LogP contribution in [0.5, 0.6) is 0 Å². The highest BCUT2D eigenvalue weighted by Gasteiger charge is 2.16. The highest BCUT2D eigenvalue weighted by atomic mass is 19.2. The lowest BCUT2D eigenvalue weighted by Crippen LogP contribution is -2.31. The molecule has 0 atom stereocenters. The number of carbonyl (C=O) groups excluding carboxylic acids is 1. The Hall–Kier alpha value is -2.18. The fourth-order valence-electron chi connectivity index (χ4n) is 2.08. The Balaban J connectivity index is 2.27. The number of hydrogen-bond acceptors (Lipinski definition) is 3. The van der Waals surface area contributed by atoms with Crippen LogP contribution < -0.4 is 5.73 Å². The molecule has 0 bridgehead atoms.